The van der Waals surface area contributed by atoms with Gasteiger partial charge in [-0.25, -0.2) is 9.97 Å². The van der Waals surface area contributed by atoms with E-state index in [0.717, 1.165) is 6.20 Å². The van der Waals surface area contributed by atoms with Crippen LogP contribution >= 0.6 is 0 Å². The summed E-state index contributed by atoms with van der Waals surface area (Å²) in [6.07, 6.45) is 1.06. The Hall–Kier alpha value is -2.84. The first-order chi connectivity index (χ1) is 8.52. The van der Waals surface area contributed by atoms with Crippen LogP contribution in [-0.2, 0) is 0 Å². The van der Waals surface area contributed by atoms with Gasteiger partial charge in [0.05, 0.1) is 9.85 Å². The highest BCUT2D eigenvalue weighted by Crippen LogP contribution is 2.27. The molecule has 2 aromatic rings. The van der Waals surface area contributed by atoms with E-state index in [2.05, 4.69) is 15.3 Å². The van der Waals surface area contributed by atoms with E-state index in [9.17, 15) is 20.2 Å². The molecule has 18 heavy (non-hydrogen) atoms. The van der Waals surface area contributed by atoms with Gasteiger partial charge < -0.3 is 5.32 Å². The fourth-order valence-corrected chi connectivity index (χ4v) is 1.46. The number of hydrogen-bond acceptors (Lipinski definition) is 7. The number of aromatic nitrogens is 2. The van der Waals surface area contributed by atoms with E-state index in [4.69, 9.17) is 0 Å². The number of anilines is 1. The number of pyridine rings is 2. The number of nitrogens with zero attached hydrogens (tertiary/aromatic N) is 4. The van der Waals surface area contributed by atoms with Gasteiger partial charge in [0, 0.05) is 24.6 Å². The molecule has 2 heterocycles. The van der Waals surface area contributed by atoms with Crippen molar-refractivity contribution in [1.82, 2.24) is 9.97 Å². The molecule has 0 fully saturated rings. The van der Waals surface area contributed by atoms with Gasteiger partial charge in [0.2, 0.25) is 5.82 Å². The quantitative estimate of drug-likeness (QED) is 0.645. The van der Waals surface area contributed by atoms with E-state index in [-0.39, 0.29) is 28.2 Å². The molecule has 0 saturated heterocycles. The Bertz CT molecular complexity index is 657. The molecular formula is C9H7N5O4. The Balaban J connectivity index is 2.72. The van der Waals surface area contributed by atoms with E-state index in [0.29, 0.717) is 0 Å². The highest BCUT2D eigenvalue weighted by Gasteiger charge is 2.18. The molecule has 0 aliphatic heterocycles. The second kappa shape index (κ2) is 4.20. The van der Waals surface area contributed by atoms with Crippen LogP contribution in [0, 0.1) is 20.2 Å². The van der Waals surface area contributed by atoms with Gasteiger partial charge in [-0.05, 0) is 0 Å². The number of rotatable bonds is 3. The van der Waals surface area contributed by atoms with Crippen LogP contribution in [0.15, 0.2) is 18.3 Å². The van der Waals surface area contributed by atoms with E-state index in [1.54, 1.807) is 0 Å². The summed E-state index contributed by atoms with van der Waals surface area (Å²) in [6.45, 7) is 0. The lowest BCUT2D eigenvalue weighted by Gasteiger charge is -2.02. The Labute approximate surface area is 99.8 Å². The Morgan fingerprint density at radius 1 is 1.22 bits per heavy atom. The van der Waals surface area contributed by atoms with Gasteiger partial charge in [-0.1, -0.05) is 0 Å². The van der Waals surface area contributed by atoms with Gasteiger partial charge >= 0.3 is 5.69 Å². The van der Waals surface area contributed by atoms with Crippen LogP contribution in [0.1, 0.15) is 0 Å². The SMILES string of the molecule is CNc1nc2ncc([N+](=O)[O-])cc2cc1[N+](=O)[O-]. The van der Waals surface area contributed by atoms with Crippen molar-refractivity contribution in [2.45, 2.75) is 0 Å². The summed E-state index contributed by atoms with van der Waals surface area (Å²) in [6, 6.07) is 2.40. The zero-order valence-corrected chi connectivity index (χ0v) is 9.15. The first kappa shape index (κ1) is 11.6. The maximum absolute atomic E-state index is 10.8. The Kier molecular flexibility index (Phi) is 2.72. The van der Waals surface area contributed by atoms with Crippen LogP contribution in [0.2, 0.25) is 0 Å². The molecule has 0 aliphatic rings. The highest BCUT2D eigenvalue weighted by atomic mass is 16.6. The van der Waals surface area contributed by atoms with Crippen LogP contribution in [0.3, 0.4) is 0 Å². The molecule has 92 valence electrons. The minimum Gasteiger partial charge on any atom is -0.367 e. The second-order valence-corrected chi connectivity index (χ2v) is 3.36. The van der Waals surface area contributed by atoms with Crippen LogP contribution in [0.4, 0.5) is 17.2 Å². The summed E-state index contributed by atoms with van der Waals surface area (Å²) >= 11 is 0. The van der Waals surface area contributed by atoms with Gasteiger partial charge in [0.25, 0.3) is 5.69 Å². The number of fused-ring (bicyclic) bond motifs is 1. The summed E-state index contributed by atoms with van der Waals surface area (Å²) in [5.74, 6) is 0.0638. The first-order valence-corrected chi connectivity index (χ1v) is 4.80. The lowest BCUT2D eigenvalue weighted by molar-refractivity contribution is -0.385. The minimum atomic E-state index is -0.621. The van der Waals surface area contributed by atoms with Gasteiger partial charge in [-0.15, -0.1) is 0 Å². The van der Waals surface area contributed by atoms with Crippen molar-refractivity contribution in [3.05, 3.63) is 38.6 Å². The standard InChI is InChI=1S/C9H7N5O4/c1-10-9-7(14(17)18)3-5-2-6(13(15)16)4-11-8(5)12-9/h2-4H,1H3,(H,10,11,12). The van der Waals surface area contributed by atoms with Crippen LogP contribution in [-0.4, -0.2) is 26.9 Å². The van der Waals surface area contributed by atoms with Gasteiger partial charge in [-0.3, -0.25) is 20.2 Å². The molecule has 9 heteroatoms. The summed E-state index contributed by atoms with van der Waals surface area (Å²) in [5.41, 5.74) is -0.293. The fraction of sp³-hybridized carbons (Fsp3) is 0.111. The summed E-state index contributed by atoms with van der Waals surface area (Å²) in [7, 11) is 1.49. The monoisotopic (exact) mass is 249 g/mol. The predicted octanol–water partition coefficient (Wildman–Crippen LogP) is 1.49. The third-order valence-electron chi connectivity index (χ3n) is 2.28. The Morgan fingerprint density at radius 3 is 2.50 bits per heavy atom. The van der Waals surface area contributed by atoms with Crippen LogP contribution < -0.4 is 5.32 Å². The molecule has 9 nitrogen and oxygen atoms in total. The molecule has 0 saturated carbocycles. The third kappa shape index (κ3) is 1.88. The predicted molar refractivity (Wildman–Crippen MR) is 62.4 cm³/mol. The molecule has 0 spiro atoms. The van der Waals surface area contributed by atoms with E-state index in [1.165, 1.54) is 19.2 Å². The van der Waals surface area contributed by atoms with Crippen molar-refractivity contribution >= 4 is 28.2 Å². The highest BCUT2D eigenvalue weighted by molar-refractivity contribution is 5.83. The largest absolute Gasteiger partial charge is 0.367 e. The molecule has 2 rings (SSSR count). The molecule has 0 aromatic carbocycles. The third-order valence-corrected chi connectivity index (χ3v) is 2.28. The zero-order valence-electron chi connectivity index (χ0n) is 9.15. The smallest absolute Gasteiger partial charge is 0.312 e. The van der Waals surface area contributed by atoms with Gasteiger partial charge in [0.15, 0.2) is 5.65 Å². The molecule has 0 aliphatic carbocycles. The van der Waals surface area contributed by atoms with E-state index >= 15 is 0 Å². The van der Waals surface area contributed by atoms with Crippen molar-refractivity contribution in [3.8, 4) is 0 Å². The van der Waals surface area contributed by atoms with Crippen LogP contribution in [0.25, 0.3) is 11.0 Å². The first-order valence-electron chi connectivity index (χ1n) is 4.80. The molecule has 2 aromatic heterocycles. The molecule has 0 unspecified atom stereocenters. The number of nitrogens with one attached hydrogen (secondary N) is 1. The fourth-order valence-electron chi connectivity index (χ4n) is 1.46. The molecule has 0 bridgehead atoms. The summed E-state index contributed by atoms with van der Waals surface area (Å²) < 4.78 is 0. The topological polar surface area (TPSA) is 124 Å². The zero-order chi connectivity index (χ0) is 13.3. The minimum absolute atomic E-state index is 0.0638. The maximum atomic E-state index is 10.8. The van der Waals surface area contributed by atoms with Crippen molar-refractivity contribution < 1.29 is 9.85 Å². The molecule has 1 N–H and O–H groups in total. The maximum Gasteiger partial charge on any atom is 0.312 e. The van der Waals surface area contributed by atoms with Crippen molar-refractivity contribution in [3.63, 3.8) is 0 Å². The van der Waals surface area contributed by atoms with E-state index < -0.39 is 9.85 Å². The molecular weight excluding hydrogens is 242 g/mol. The molecule has 0 amide bonds. The lowest BCUT2D eigenvalue weighted by Crippen LogP contribution is -2.01. The van der Waals surface area contributed by atoms with Gasteiger partial charge in [-0.2, -0.15) is 0 Å². The number of nitro groups is 2. The van der Waals surface area contributed by atoms with Crippen molar-refractivity contribution in [2.24, 2.45) is 0 Å². The van der Waals surface area contributed by atoms with Crippen LogP contribution in [0.5, 0.6) is 0 Å². The second-order valence-electron chi connectivity index (χ2n) is 3.36. The van der Waals surface area contributed by atoms with Crippen molar-refractivity contribution in [1.29, 1.82) is 0 Å². The average Bonchev–Trinajstić information content (AvgIpc) is 2.36. The van der Waals surface area contributed by atoms with Crippen molar-refractivity contribution in [2.75, 3.05) is 12.4 Å². The number of hydrogen-bond donors (Lipinski definition) is 1. The van der Waals surface area contributed by atoms with Gasteiger partial charge in [0.1, 0.15) is 6.20 Å². The molecule has 0 atom stereocenters. The average molecular weight is 249 g/mol. The molecule has 0 radical (unpaired) electrons. The normalized spacial score (nSPS) is 10.3. The lowest BCUT2D eigenvalue weighted by atomic mass is 10.2. The van der Waals surface area contributed by atoms with E-state index in [1.807, 2.05) is 0 Å². The summed E-state index contributed by atoms with van der Waals surface area (Å²) in [5, 5.41) is 24.2. The summed E-state index contributed by atoms with van der Waals surface area (Å²) in [4.78, 5) is 27.9. The Morgan fingerprint density at radius 2 is 1.94 bits per heavy atom.